The predicted molar refractivity (Wildman–Crippen MR) is 205 cm³/mol. The number of hydrogen-bond donors (Lipinski definition) is 0. The zero-order valence-electron chi connectivity index (χ0n) is 54.9. The Labute approximate surface area is 329 Å². The van der Waals surface area contributed by atoms with Crippen LogP contribution in [0.3, 0.4) is 0 Å². The quantitative estimate of drug-likeness (QED) is 0.171. The van der Waals surface area contributed by atoms with Gasteiger partial charge in [0.25, 0.3) is 0 Å². The highest BCUT2D eigenvalue weighted by Crippen LogP contribution is 2.55. The largest absolute Gasteiger partial charge is 0.489 e. The van der Waals surface area contributed by atoms with E-state index in [2.05, 4.69) is 0 Å². The number of fused-ring (bicyclic) bond motifs is 6. The first-order valence-electron chi connectivity index (χ1n) is 30.2. The zero-order valence-corrected chi connectivity index (χ0v) is 24.9. The van der Waals surface area contributed by atoms with Gasteiger partial charge in [-0.05, 0) is 96.1 Å². The maximum Gasteiger partial charge on any atom is 0.124 e. The van der Waals surface area contributed by atoms with E-state index in [1.54, 1.807) is 0 Å². The Balaban J connectivity index is 1.41. The van der Waals surface area contributed by atoms with Crippen LogP contribution in [-0.2, 0) is 0 Å². The maximum atomic E-state index is 9.93. The molecule has 0 spiro atoms. The van der Waals surface area contributed by atoms with Crippen molar-refractivity contribution in [1.82, 2.24) is 0 Å². The lowest BCUT2D eigenvalue weighted by atomic mass is 9.70. The van der Waals surface area contributed by atoms with Gasteiger partial charge in [-0.3, -0.25) is 0 Å². The third-order valence-corrected chi connectivity index (χ3v) is 8.74. The van der Waals surface area contributed by atoms with Gasteiger partial charge in [0.05, 0.1) is 37.0 Å². The molecule has 8 aromatic carbocycles. The van der Waals surface area contributed by atoms with E-state index in [0.29, 0.717) is 0 Å². The fourth-order valence-electron chi connectivity index (χ4n) is 6.76. The van der Waals surface area contributed by atoms with Crippen molar-refractivity contribution in [2.45, 2.75) is 37.1 Å². The second-order valence-corrected chi connectivity index (χ2v) is 11.2. The molecular weight excluding hydrogens is 593 g/mol. The van der Waals surface area contributed by atoms with Gasteiger partial charge in [-0.15, -0.1) is 0 Å². The summed E-state index contributed by atoms with van der Waals surface area (Å²) >= 11 is 0. The molecule has 8 aromatic rings. The molecule has 10 rings (SSSR count). The van der Waals surface area contributed by atoms with Crippen LogP contribution in [0.1, 0.15) is 83.3 Å². The fourth-order valence-corrected chi connectivity index (χ4v) is 6.76. The van der Waals surface area contributed by atoms with Crippen LogP contribution in [0, 0.1) is 0 Å². The summed E-state index contributed by atoms with van der Waals surface area (Å²) < 4.78 is 278. The number of benzene rings is 8. The lowest BCUT2D eigenvalue weighted by molar-refractivity contribution is 0.139. The summed E-state index contributed by atoms with van der Waals surface area (Å²) in [6.45, 7) is 0. The highest BCUT2D eigenvalue weighted by Gasteiger charge is 2.44. The van der Waals surface area contributed by atoms with Gasteiger partial charge in [0.1, 0.15) is 11.9 Å². The molecule has 6 atom stereocenters. The molecule has 1 fully saturated rings. The molecule has 1 heterocycles. The Hall–Kier alpha value is -5.66. The minimum Gasteiger partial charge on any atom is -0.489 e. The Morgan fingerprint density at radius 2 is 1.02 bits per heavy atom. The van der Waals surface area contributed by atoms with E-state index in [1.807, 2.05) is 0 Å². The van der Waals surface area contributed by atoms with E-state index in [9.17, 15) is 15.1 Å². The van der Waals surface area contributed by atoms with Gasteiger partial charge in [-0.2, -0.15) is 0 Å². The second kappa shape index (κ2) is 11.5. The highest BCUT2D eigenvalue weighted by atomic mass is 16.5. The first kappa shape index (κ1) is 11.5. The number of ether oxygens (including phenoxy) is 1. The van der Waals surface area contributed by atoms with E-state index in [0.717, 1.165) is 0 Å². The van der Waals surface area contributed by atoms with Gasteiger partial charge < -0.3 is 4.74 Å². The lowest BCUT2D eigenvalue weighted by Crippen LogP contribution is -2.31. The van der Waals surface area contributed by atoms with Crippen LogP contribution in [0.5, 0.6) is 5.75 Å². The molecule has 0 saturated heterocycles. The van der Waals surface area contributed by atoms with Crippen LogP contribution in [0.2, 0.25) is 0 Å². The average Bonchev–Trinajstić information content (AvgIpc) is 3.81. The van der Waals surface area contributed by atoms with E-state index >= 15 is 0 Å². The van der Waals surface area contributed by atoms with Gasteiger partial charge in [0, 0.05) is 21.5 Å². The van der Waals surface area contributed by atoms with Gasteiger partial charge in [-0.25, -0.2) is 0 Å². The Morgan fingerprint density at radius 3 is 1.80 bits per heavy atom. The lowest BCUT2D eigenvalue weighted by Gasteiger charge is -2.35. The van der Waals surface area contributed by atoms with Crippen molar-refractivity contribution in [3.63, 3.8) is 0 Å². The summed E-state index contributed by atoms with van der Waals surface area (Å²) in [5.74, 6) is -4.17. The first-order valence-corrected chi connectivity index (χ1v) is 15.0. The van der Waals surface area contributed by atoms with Gasteiger partial charge in [-0.1, -0.05) is 157 Å². The minimum absolute atomic E-state index is 0.359. The molecule has 1 saturated carbocycles. The van der Waals surface area contributed by atoms with Gasteiger partial charge in [0.2, 0.25) is 0 Å². The summed E-state index contributed by atoms with van der Waals surface area (Å²) in [5.41, 5.74) is -5.42. The van der Waals surface area contributed by atoms with Crippen molar-refractivity contribution in [3.8, 4) is 39.1 Å². The van der Waals surface area contributed by atoms with Crippen LogP contribution >= 0.6 is 0 Å². The summed E-state index contributed by atoms with van der Waals surface area (Å²) in [5, 5.41) is -4.16. The Bertz CT molecular complexity index is 4060. The van der Waals surface area contributed by atoms with E-state index < -0.39 is 277 Å². The fraction of sp³-hybridized carbons (Fsp3) is 0.125. The van der Waals surface area contributed by atoms with Crippen LogP contribution in [-0.4, -0.2) is 6.10 Å². The van der Waals surface area contributed by atoms with Crippen molar-refractivity contribution in [2.75, 3.05) is 0 Å². The summed E-state index contributed by atoms with van der Waals surface area (Å²) in [7, 11) is 0. The minimum atomic E-state index is -1.99. The van der Waals surface area contributed by atoms with Crippen LogP contribution in [0.25, 0.3) is 65.7 Å². The standard InChI is InChI=1S/C48H36O/c1-2-14-32(15-3-1)37-26-13-29-44-47(37)43-28-12-27-42(48(43)49-44)46-40-23-8-6-21-38(40)45(39-22-7-9-24-41(39)46)34-19-10-18-33(30-34)36-25-11-17-31-16-4-5-20-35(31)36/h1-11,13-26,29-30,42-43,48H,12,27-28H2/i1D,2D,3D,4D,5D,6D,7D,8D,9D,10D,11D,12D,13D,14D,15D,16D,17D,18D,19D,20D,21D,22D,23D,24D,25D,26D,27D,28D,29D,30D. The van der Waals surface area contributed by atoms with Crippen LogP contribution < -0.4 is 4.74 Å². The first-order chi connectivity index (χ1) is 36.8. The second-order valence-electron chi connectivity index (χ2n) is 11.2. The summed E-state index contributed by atoms with van der Waals surface area (Å²) in [6.07, 6.45) is -7.57. The highest BCUT2D eigenvalue weighted by molar-refractivity contribution is 6.15. The molecule has 0 bridgehead atoms. The molecule has 1 nitrogen and oxygen atoms in total. The normalized spacial score (nSPS) is 31.4. The number of hydrogen-bond acceptors (Lipinski definition) is 1. The Morgan fingerprint density at radius 1 is 0.469 bits per heavy atom. The Kier molecular flexibility index (Phi) is 2.69. The van der Waals surface area contributed by atoms with Crippen molar-refractivity contribution >= 4 is 32.3 Å². The molecule has 1 aliphatic heterocycles. The van der Waals surface area contributed by atoms with Crippen molar-refractivity contribution in [3.05, 3.63) is 174 Å². The van der Waals surface area contributed by atoms with E-state index in [-0.39, 0.29) is 5.56 Å². The molecule has 0 aromatic heterocycles. The smallest absolute Gasteiger partial charge is 0.124 e. The van der Waals surface area contributed by atoms with Crippen molar-refractivity contribution in [2.24, 2.45) is 0 Å². The van der Waals surface area contributed by atoms with Crippen molar-refractivity contribution < 1.29 is 45.9 Å². The molecule has 234 valence electrons. The maximum absolute atomic E-state index is 9.93. The molecule has 0 amide bonds. The molecule has 0 radical (unpaired) electrons. The molecule has 49 heavy (non-hydrogen) atoms. The third-order valence-electron chi connectivity index (χ3n) is 8.74. The SMILES string of the molecule is [2H]c1c([2H])c([2H])c(-c2c([2H])c([2H])c([2H])c3c2C2C([2H])C([2H])C([2H])C(c4c5c([2H])c([2H])c([2H])c([2H])c5c(-c5c([2H])c([2H])c([2H])c(-c6c([2H])c([2H])c([2H])c7c([2H])c([2H])c([2H])c([2H])c67)c5[2H])c5c([2H])c([2H])c([2H])c([2H])c45)C2O3)c([2H])c1[2H]. The van der Waals surface area contributed by atoms with Gasteiger partial charge >= 0.3 is 0 Å². The van der Waals surface area contributed by atoms with Crippen molar-refractivity contribution in [1.29, 1.82) is 0 Å². The molecule has 1 aliphatic carbocycles. The van der Waals surface area contributed by atoms with E-state index in [4.69, 9.17) is 30.8 Å². The predicted octanol–water partition coefficient (Wildman–Crippen LogP) is 13.0. The monoisotopic (exact) mass is 658 g/mol. The third kappa shape index (κ3) is 4.53. The van der Waals surface area contributed by atoms with Gasteiger partial charge in [0.15, 0.2) is 0 Å². The van der Waals surface area contributed by atoms with Crippen LogP contribution in [0.15, 0.2) is 163 Å². The van der Waals surface area contributed by atoms with E-state index in [1.165, 1.54) is 0 Å². The molecule has 1 heteroatoms. The average molecular weight is 659 g/mol. The van der Waals surface area contributed by atoms with Crippen LogP contribution in [0.4, 0.5) is 0 Å². The number of rotatable bonds is 4. The zero-order chi connectivity index (χ0) is 58.4. The molecule has 6 unspecified atom stereocenters. The molecule has 2 aliphatic rings. The topological polar surface area (TPSA) is 9.23 Å². The molecule has 0 N–H and O–H groups in total. The summed E-state index contributed by atoms with van der Waals surface area (Å²) in [4.78, 5) is 0. The summed E-state index contributed by atoms with van der Waals surface area (Å²) in [6, 6.07) is -25.4. The molecular formula is C48H36O.